The van der Waals surface area contributed by atoms with E-state index >= 15 is 0 Å². The second kappa shape index (κ2) is 4.47. The van der Waals surface area contributed by atoms with Gasteiger partial charge in [0.15, 0.2) is 5.13 Å². The van der Waals surface area contributed by atoms with Crippen LogP contribution in [0, 0.1) is 6.92 Å². The molecule has 1 fully saturated rings. The Morgan fingerprint density at radius 3 is 3.13 bits per heavy atom. The van der Waals surface area contributed by atoms with E-state index in [0.29, 0.717) is 0 Å². The predicted octanol–water partition coefficient (Wildman–Crippen LogP) is 1.00. The highest BCUT2D eigenvalue weighted by molar-refractivity contribution is 7.13. The Labute approximate surface area is 94.1 Å². The highest BCUT2D eigenvalue weighted by Gasteiger charge is 2.24. The fourth-order valence-electron chi connectivity index (χ4n) is 1.65. The van der Waals surface area contributed by atoms with Crippen LogP contribution in [0.25, 0.3) is 0 Å². The fourth-order valence-corrected chi connectivity index (χ4v) is 2.49. The van der Waals surface area contributed by atoms with Gasteiger partial charge in [0.1, 0.15) is 0 Å². The van der Waals surface area contributed by atoms with Crippen molar-refractivity contribution < 1.29 is 4.74 Å². The Morgan fingerprint density at radius 1 is 1.73 bits per heavy atom. The lowest BCUT2D eigenvalue weighted by Crippen LogP contribution is -2.49. The molecule has 0 saturated carbocycles. The Bertz CT molecular complexity index is 326. The molecule has 2 unspecified atom stereocenters. The fraction of sp³-hybridized carbons (Fsp3) is 0.700. The van der Waals surface area contributed by atoms with Gasteiger partial charge in [-0.2, -0.15) is 0 Å². The van der Waals surface area contributed by atoms with Crippen LogP contribution in [0.4, 0.5) is 5.13 Å². The molecule has 0 spiro atoms. The van der Waals surface area contributed by atoms with Crippen molar-refractivity contribution in [2.24, 2.45) is 5.73 Å². The number of aromatic nitrogens is 1. The van der Waals surface area contributed by atoms with Gasteiger partial charge in [-0.3, -0.25) is 0 Å². The molecule has 2 atom stereocenters. The van der Waals surface area contributed by atoms with Crippen molar-refractivity contribution in [2.45, 2.75) is 26.0 Å². The maximum Gasteiger partial charge on any atom is 0.185 e. The molecule has 1 aromatic rings. The molecule has 2 N–H and O–H groups in total. The van der Waals surface area contributed by atoms with Gasteiger partial charge in [0.25, 0.3) is 0 Å². The summed E-state index contributed by atoms with van der Waals surface area (Å²) >= 11 is 1.69. The van der Waals surface area contributed by atoms with E-state index in [9.17, 15) is 0 Å². The number of aryl methyl sites for hydroxylation is 1. The van der Waals surface area contributed by atoms with E-state index in [2.05, 4.69) is 15.3 Å². The smallest absolute Gasteiger partial charge is 0.185 e. The van der Waals surface area contributed by atoms with Crippen molar-refractivity contribution in [1.82, 2.24) is 4.98 Å². The lowest BCUT2D eigenvalue weighted by Gasteiger charge is -2.34. The molecule has 0 bridgehead atoms. The van der Waals surface area contributed by atoms with Crippen LogP contribution >= 0.6 is 11.3 Å². The summed E-state index contributed by atoms with van der Waals surface area (Å²) in [5, 5.41) is 3.16. The van der Waals surface area contributed by atoms with Crippen LogP contribution in [0.1, 0.15) is 12.6 Å². The van der Waals surface area contributed by atoms with E-state index < -0.39 is 0 Å². The Morgan fingerprint density at radius 2 is 2.53 bits per heavy atom. The molecule has 84 valence electrons. The van der Waals surface area contributed by atoms with Crippen LogP contribution in [0.5, 0.6) is 0 Å². The summed E-state index contributed by atoms with van der Waals surface area (Å²) in [4.78, 5) is 6.74. The van der Waals surface area contributed by atoms with E-state index in [0.717, 1.165) is 30.5 Å². The number of hydrogen-bond acceptors (Lipinski definition) is 5. The summed E-state index contributed by atoms with van der Waals surface area (Å²) < 4.78 is 5.61. The van der Waals surface area contributed by atoms with E-state index in [1.165, 1.54) is 0 Å². The van der Waals surface area contributed by atoms with E-state index in [4.69, 9.17) is 10.5 Å². The number of ether oxygens (including phenoxy) is 1. The lowest BCUT2D eigenvalue weighted by atomic mass is 10.1. The monoisotopic (exact) mass is 227 g/mol. The minimum atomic E-state index is 0.0776. The van der Waals surface area contributed by atoms with E-state index in [1.54, 1.807) is 11.3 Å². The van der Waals surface area contributed by atoms with E-state index in [1.807, 2.05) is 13.8 Å². The lowest BCUT2D eigenvalue weighted by molar-refractivity contribution is 0.0276. The molecule has 5 heteroatoms. The average molecular weight is 227 g/mol. The largest absolute Gasteiger partial charge is 0.373 e. The first-order chi connectivity index (χ1) is 7.16. The van der Waals surface area contributed by atoms with E-state index in [-0.39, 0.29) is 12.1 Å². The molecule has 1 saturated heterocycles. The molecular weight excluding hydrogens is 210 g/mol. The van der Waals surface area contributed by atoms with Crippen LogP contribution in [-0.4, -0.2) is 36.8 Å². The predicted molar refractivity (Wildman–Crippen MR) is 62.5 cm³/mol. The molecule has 0 amide bonds. The molecule has 1 aliphatic heterocycles. The first-order valence-electron chi connectivity index (χ1n) is 5.21. The van der Waals surface area contributed by atoms with Gasteiger partial charge < -0.3 is 15.4 Å². The van der Waals surface area contributed by atoms with Crippen LogP contribution in [0.3, 0.4) is 0 Å². The topological polar surface area (TPSA) is 51.4 Å². The highest BCUT2D eigenvalue weighted by atomic mass is 32.1. The molecular formula is C10H17N3OS. The van der Waals surface area contributed by atoms with Gasteiger partial charge in [0.05, 0.1) is 18.4 Å². The zero-order valence-electron chi connectivity index (χ0n) is 9.14. The Kier molecular flexibility index (Phi) is 3.23. The number of rotatable bonds is 2. The molecule has 4 nitrogen and oxygen atoms in total. The van der Waals surface area contributed by atoms with Gasteiger partial charge in [-0.15, -0.1) is 11.3 Å². The Hall–Kier alpha value is -0.650. The summed E-state index contributed by atoms with van der Waals surface area (Å²) in [6, 6.07) is 0.0776. The molecule has 1 aromatic heterocycles. The number of nitrogens with two attached hydrogens (primary N) is 1. The van der Waals surface area contributed by atoms with Gasteiger partial charge in [0, 0.05) is 24.5 Å². The molecule has 15 heavy (non-hydrogen) atoms. The standard InChI is InChI=1S/C10H17N3OS/c1-7-6-15-10(12-7)13-3-4-14-9(5-13)8(2)11/h6,8-9H,3-5,11H2,1-2H3. The number of nitrogens with zero attached hydrogens (tertiary/aromatic N) is 2. The van der Waals surface area contributed by atoms with Gasteiger partial charge in [-0.25, -0.2) is 4.98 Å². The molecule has 0 radical (unpaired) electrons. The summed E-state index contributed by atoms with van der Waals surface area (Å²) in [7, 11) is 0. The molecule has 2 rings (SSSR count). The van der Waals surface area contributed by atoms with Crippen LogP contribution in [0.15, 0.2) is 5.38 Å². The molecule has 0 aromatic carbocycles. The SMILES string of the molecule is Cc1csc(N2CCOC(C(C)N)C2)n1. The minimum Gasteiger partial charge on any atom is -0.373 e. The first-order valence-corrected chi connectivity index (χ1v) is 6.09. The second-order valence-electron chi connectivity index (χ2n) is 3.99. The normalized spacial score (nSPS) is 24.2. The summed E-state index contributed by atoms with van der Waals surface area (Å²) in [5.74, 6) is 0. The van der Waals surface area contributed by atoms with Crippen molar-refractivity contribution in [3.8, 4) is 0 Å². The minimum absolute atomic E-state index is 0.0776. The zero-order chi connectivity index (χ0) is 10.8. The van der Waals surface area contributed by atoms with Crippen LogP contribution in [0.2, 0.25) is 0 Å². The van der Waals surface area contributed by atoms with Gasteiger partial charge in [-0.1, -0.05) is 0 Å². The average Bonchev–Trinajstić information content (AvgIpc) is 2.65. The summed E-state index contributed by atoms with van der Waals surface area (Å²) in [5.41, 5.74) is 6.93. The third kappa shape index (κ3) is 2.48. The van der Waals surface area contributed by atoms with Crippen LogP contribution < -0.4 is 10.6 Å². The Balaban J connectivity index is 2.04. The van der Waals surface area contributed by atoms with Crippen LogP contribution in [-0.2, 0) is 4.74 Å². The third-order valence-electron chi connectivity index (χ3n) is 2.56. The summed E-state index contributed by atoms with van der Waals surface area (Å²) in [6.45, 7) is 6.51. The quantitative estimate of drug-likeness (QED) is 0.819. The number of morpholine rings is 1. The van der Waals surface area contributed by atoms with Gasteiger partial charge in [0.2, 0.25) is 0 Å². The number of thiazole rings is 1. The van der Waals surface area contributed by atoms with Crippen molar-refractivity contribution in [3.63, 3.8) is 0 Å². The van der Waals surface area contributed by atoms with Gasteiger partial charge in [-0.05, 0) is 13.8 Å². The van der Waals surface area contributed by atoms with Crippen molar-refractivity contribution in [1.29, 1.82) is 0 Å². The molecule has 2 heterocycles. The first kappa shape index (κ1) is 10.9. The molecule has 1 aliphatic rings. The maximum atomic E-state index is 5.84. The highest BCUT2D eigenvalue weighted by Crippen LogP contribution is 2.22. The van der Waals surface area contributed by atoms with Gasteiger partial charge >= 0.3 is 0 Å². The van der Waals surface area contributed by atoms with Crippen molar-refractivity contribution >= 4 is 16.5 Å². The maximum absolute atomic E-state index is 5.84. The number of anilines is 1. The number of hydrogen-bond donors (Lipinski definition) is 1. The van der Waals surface area contributed by atoms with Crippen molar-refractivity contribution in [2.75, 3.05) is 24.6 Å². The molecule has 0 aliphatic carbocycles. The van der Waals surface area contributed by atoms with Crippen molar-refractivity contribution in [3.05, 3.63) is 11.1 Å². The second-order valence-corrected chi connectivity index (χ2v) is 4.82. The summed E-state index contributed by atoms with van der Waals surface area (Å²) in [6.07, 6.45) is 0.128. The zero-order valence-corrected chi connectivity index (χ0v) is 9.96. The third-order valence-corrected chi connectivity index (χ3v) is 3.58.